The Hall–Kier alpha value is -1.00. The van der Waals surface area contributed by atoms with Gasteiger partial charge in [0.25, 0.3) is 7.37 Å². The van der Waals surface area contributed by atoms with Gasteiger partial charge < -0.3 is 9.26 Å². The van der Waals surface area contributed by atoms with Crippen molar-refractivity contribution in [3.63, 3.8) is 0 Å². The molecule has 5 nitrogen and oxygen atoms in total. The van der Waals surface area contributed by atoms with Crippen LogP contribution in [0.2, 0.25) is 0 Å². The maximum Gasteiger partial charge on any atom is 0.411 e. The monoisotopic (exact) mass is 337 g/mol. The highest BCUT2D eigenvalue weighted by atomic mass is 35.5. The third-order valence-corrected chi connectivity index (χ3v) is 5.45. The van der Waals surface area contributed by atoms with Gasteiger partial charge in [-0.05, 0) is 19.1 Å². The van der Waals surface area contributed by atoms with Gasteiger partial charge in [-0.3, -0.25) is 9.88 Å². The van der Waals surface area contributed by atoms with Crippen LogP contribution in [0.3, 0.4) is 0 Å². The van der Waals surface area contributed by atoms with Gasteiger partial charge in [0.2, 0.25) is 0 Å². The molecule has 0 unspecified atom stereocenters. The van der Waals surface area contributed by atoms with Crippen LogP contribution < -0.4 is 10.6 Å². The first-order valence-corrected chi connectivity index (χ1v) is 8.04. The van der Waals surface area contributed by atoms with Gasteiger partial charge in [-0.1, -0.05) is 41.4 Å². The summed E-state index contributed by atoms with van der Waals surface area (Å²) >= 11 is 11.5. The first kappa shape index (κ1) is 17.1. The number of benzene rings is 1. The number of ether oxygens (including phenoxy) is 1. The van der Waals surface area contributed by atoms with Crippen LogP contribution in [0.25, 0.3) is 0 Å². The minimum absolute atomic E-state index is 0.152. The minimum Gasteiger partial charge on any atom is -0.453 e. The van der Waals surface area contributed by atoms with Gasteiger partial charge in [0.05, 0.1) is 13.7 Å². The zero-order valence-electron chi connectivity index (χ0n) is 10.9. The topological polar surface area (TPSA) is 64.6 Å². The number of rotatable bonds is 5. The lowest BCUT2D eigenvalue weighted by Gasteiger charge is -2.21. The van der Waals surface area contributed by atoms with E-state index in [0.717, 1.165) is 0 Å². The van der Waals surface area contributed by atoms with E-state index >= 15 is 0 Å². The Bertz CT molecular complexity index is 544. The van der Waals surface area contributed by atoms with E-state index in [1.807, 2.05) is 0 Å². The first-order valence-electron chi connectivity index (χ1n) is 5.66. The quantitative estimate of drug-likeness (QED) is 0.834. The summed E-state index contributed by atoms with van der Waals surface area (Å²) in [6.07, 6.45) is -0.838. The Morgan fingerprint density at radius 3 is 2.35 bits per heavy atom. The van der Waals surface area contributed by atoms with Crippen LogP contribution in [-0.2, 0) is 13.8 Å². The van der Waals surface area contributed by atoms with Gasteiger partial charge in [0.1, 0.15) is 9.93 Å². The normalized spacial score (nSPS) is 13.2. The Morgan fingerprint density at radius 2 is 1.90 bits per heavy atom. The molecule has 1 aromatic rings. The van der Waals surface area contributed by atoms with Gasteiger partial charge >= 0.3 is 6.09 Å². The highest BCUT2D eigenvalue weighted by Gasteiger charge is 2.34. The zero-order valence-corrected chi connectivity index (χ0v) is 13.3. The molecule has 8 heteroatoms. The first-order chi connectivity index (χ1) is 9.45. The van der Waals surface area contributed by atoms with Crippen LogP contribution in [-0.4, -0.2) is 19.8 Å². The highest BCUT2D eigenvalue weighted by molar-refractivity contribution is 7.71. The number of nitrogens with one attached hydrogen (secondary N) is 1. The number of methoxy groups -OCH3 is 1. The van der Waals surface area contributed by atoms with Crippen LogP contribution in [0, 0.1) is 0 Å². The predicted molar refractivity (Wildman–Crippen MR) is 79.6 cm³/mol. The van der Waals surface area contributed by atoms with Gasteiger partial charge in [0, 0.05) is 5.30 Å². The van der Waals surface area contributed by atoms with E-state index in [0.29, 0.717) is 5.30 Å². The lowest BCUT2D eigenvalue weighted by Crippen LogP contribution is -2.26. The molecule has 0 aliphatic heterocycles. The molecule has 0 aliphatic rings. The van der Waals surface area contributed by atoms with E-state index in [1.54, 1.807) is 37.3 Å². The van der Waals surface area contributed by atoms with Gasteiger partial charge in [-0.2, -0.15) is 0 Å². The lowest BCUT2D eigenvalue weighted by molar-refractivity contribution is 0.174. The molecule has 0 aromatic heterocycles. The maximum absolute atomic E-state index is 13.1. The van der Waals surface area contributed by atoms with Gasteiger partial charge in [-0.25, -0.2) is 4.79 Å². The standard InChI is InChI=1S/C12H14Cl2NO4P/c1-3-19-20(17,9-7-5-4-6-8-9)11(10(13)14)15-12(16)18-2/h4-8H,3H2,1-2H3,(H,15,16)/t20-/m1/s1. The molecule has 1 N–H and O–H groups in total. The number of carbonyl (C=O) groups is 1. The molecule has 0 bridgehead atoms. The number of halogens is 2. The Labute approximate surface area is 127 Å². The minimum atomic E-state index is -3.60. The lowest BCUT2D eigenvalue weighted by atomic mass is 10.4. The van der Waals surface area contributed by atoms with Crippen molar-refractivity contribution in [2.75, 3.05) is 13.7 Å². The van der Waals surface area contributed by atoms with Crippen LogP contribution in [0.15, 0.2) is 40.3 Å². The van der Waals surface area contributed by atoms with E-state index in [2.05, 4.69) is 10.1 Å². The molecule has 0 saturated carbocycles. The zero-order chi connectivity index (χ0) is 15.2. The van der Waals surface area contributed by atoms with Gasteiger partial charge in [-0.15, -0.1) is 0 Å². The van der Waals surface area contributed by atoms with Crippen molar-refractivity contribution in [1.82, 2.24) is 5.32 Å². The third-order valence-electron chi connectivity index (χ3n) is 2.29. The Balaban J connectivity index is 3.33. The van der Waals surface area contributed by atoms with Crippen LogP contribution in [0.5, 0.6) is 0 Å². The van der Waals surface area contributed by atoms with E-state index in [-0.39, 0.29) is 16.5 Å². The summed E-state index contributed by atoms with van der Waals surface area (Å²) < 4.78 is 22.5. The smallest absolute Gasteiger partial charge is 0.411 e. The second-order valence-electron chi connectivity index (χ2n) is 3.53. The second kappa shape index (κ2) is 7.70. The van der Waals surface area contributed by atoms with Crippen LogP contribution in [0.1, 0.15) is 6.92 Å². The largest absolute Gasteiger partial charge is 0.453 e. The van der Waals surface area contributed by atoms with E-state index in [4.69, 9.17) is 27.7 Å². The predicted octanol–water partition coefficient (Wildman–Crippen LogP) is 3.59. The van der Waals surface area contributed by atoms with E-state index in [1.165, 1.54) is 7.11 Å². The number of amides is 1. The molecule has 1 amide bonds. The third kappa shape index (κ3) is 4.00. The summed E-state index contributed by atoms with van der Waals surface area (Å²) in [5.74, 6) is 0. The van der Waals surface area contributed by atoms with Crippen molar-refractivity contribution in [2.24, 2.45) is 0 Å². The molecule has 0 saturated heterocycles. The Morgan fingerprint density at radius 1 is 1.30 bits per heavy atom. The molecule has 20 heavy (non-hydrogen) atoms. The summed E-state index contributed by atoms with van der Waals surface area (Å²) in [6.45, 7) is 1.83. The average molecular weight is 338 g/mol. The molecular formula is C12H14Cl2NO4P. The average Bonchev–Trinajstić information content (AvgIpc) is 2.45. The molecule has 0 heterocycles. The maximum atomic E-state index is 13.1. The van der Waals surface area contributed by atoms with Crippen molar-refractivity contribution in [1.29, 1.82) is 0 Å². The van der Waals surface area contributed by atoms with Gasteiger partial charge in [0.15, 0.2) is 0 Å². The molecule has 0 fully saturated rings. The molecule has 0 aliphatic carbocycles. The number of hydrogen-bond donors (Lipinski definition) is 1. The molecular weight excluding hydrogens is 324 g/mol. The molecule has 0 spiro atoms. The fraction of sp³-hybridized carbons (Fsp3) is 0.250. The second-order valence-corrected chi connectivity index (χ2v) is 6.80. The Kier molecular flexibility index (Phi) is 6.56. The van der Waals surface area contributed by atoms with Crippen molar-refractivity contribution < 1.29 is 18.6 Å². The molecule has 1 aromatic carbocycles. The van der Waals surface area contributed by atoms with Crippen molar-refractivity contribution in [3.05, 3.63) is 40.3 Å². The van der Waals surface area contributed by atoms with Crippen molar-refractivity contribution in [2.45, 2.75) is 6.92 Å². The number of carbonyl (C=O) groups excluding carboxylic acids is 1. The molecule has 110 valence electrons. The summed E-state index contributed by atoms with van der Waals surface area (Å²) in [5, 5.41) is 2.62. The number of alkyl carbamates (subject to hydrolysis) is 1. The fourth-order valence-electron chi connectivity index (χ4n) is 1.45. The van der Waals surface area contributed by atoms with Crippen LogP contribution >= 0.6 is 30.6 Å². The fourth-order valence-corrected chi connectivity index (χ4v) is 4.14. The summed E-state index contributed by atoms with van der Waals surface area (Å²) in [5.41, 5.74) is -0.208. The van der Waals surface area contributed by atoms with E-state index in [9.17, 15) is 9.36 Å². The summed E-state index contributed by atoms with van der Waals surface area (Å²) in [6, 6.07) is 8.36. The van der Waals surface area contributed by atoms with Crippen LogP contribution in [0.4, 0.5) is 4.79 Å². The summed E-state index contributed by atoms with van der Waals surface area (Å²) in [7, 11) is -2.43. The van der Waals surface area contributed by atoms with Crippen molar-refractivity contribution in [3.8, 4) is 0 Å². The summed E-state index contributed by atoms with van der Waals surface area (Å²) in [4.78, 5) is 11.3. The van der Waals surface area contributed by atoms with E-state index < -0.39 is 13.5 Å². The highest BCUT2D eigenvalue weighted by Crippen LogP contribution is 2.54. The molecule has 0 radical (unpaired) electrons. The van der Waals surface area contributed by atoms with Crippen molar-refractivity contribution >= 4 is 42.0 Å². The number of hydrogen-bond acceptors (Lipinski definition) is 4. The SMILES string of the molecule is CCO[P@@](=O)(C(NC(=O)OC)=C(Cl)Cl)c1ccccc1. The molecule has 1 rings (SSSR count). The molecule has 1 atom stereocenters.